The van der Waals surface area contributed by atoms with E-state index in [9.17, 15) is 0 Å². The molecule has 1 aliphatic rings. The smallest absolute Gasteiger partial charge is 0.119 e. The molecule has 1 heterocycles. The Balaban J connectivity index is 1.71. The van der Waals surface area contributed by atoms with Crippen molar-refractivity contribution in [3.63, 3.8) is 0 Å². The molecule has 2 rings (SSSR count). The summed E-state index contributed by atoms with van der Waals surface area (Å²) in [5, 5.41) is 0. The van der Waals surface area contributed by atoms with E-state index in [0.29, 0.717) is 6.54 Å². The summed E-state index contributed by atoms with van der Waals surface area (Å²) in [5.74, 6) is 2.59. The summed E-state index contributed by atoms with van der Waals surface area (Å²) in [5.41, 5.74) is 6.81. The number of nitrogens with zero attached hydrogens (tertiary/aromatic N) is 1. The van der Waals surface area contributed by atoms with Gasteiger partial charge in [-0.3, -0.25) is 4.90 Å². The highest BCUT2D eigenvalue weighted by atomic mass is 16.5. The van der Waals surface area contributed by atoms with E-state index in [0.717, 1.165) is 37.2 Å². The number of benzene rings is 1. The number of nitrogens with two attached hydrogens (primary N) is 1. The SMILES string of the molecule is CC1CN(CCOc2ccc(CCN)cc2)CC1C. The summed E-state index contributed by atoms with van der Waals surface area (Å²) in [4.78, 5) is 2.50. The average Bonchev–Trinajstić information content (AvgIpc) is 2.71. The molecule has 1 fully saturated rings. The summed E-state index contributed by atoms with van der Waals surface area (Å²) in [7, 11) is 0. The molecule has 0 radical (unpaired) electrons. The van der Waals surface area contributed by atoms with E-state index in [-0.39, 0.29) is 0 Å². The topological polar surface area (TPSA) is 38.5 Å². The van der Waals surface area contributed by atoms with Crippen molar-refractivity contribution in [3.8, 4) is 5.75 Å². The number of hydrogen-bond donors (Lipinski definition) is 1. The molecule has 106 valence electrons. The Morgan fingerprint density at radius 3 is 2.37 bits per heavy atom. The van der Waals surface area contributed by atoms with Gasteiger partial charge in [0.05, 0.1) is 0 Å². The molecule has 3 nitrogen and oxygen atoms in total. The van der Waals surface area contributed by atoms with Crippen molar-refractivity contribution < 1.29 is 4.74 Å². The normalized spacial score (nSPS) is 23.7. The van der Waals surface area contributed by atoms with Gasteiger partial charge in [0.25, 0.3) is 0 Å². The van der Waals surface area contributed by atoms with Gasteiger partial charge >= 0.3 is 0 Å². The summed E-state index contributed by atoms with van der Waals surface area (Å²) < 4.78 is 5.80. The maximum absolute atomic E-state index is 5.80. The Morgan fingerprint density at radius 2 is 1.79 bits per heavy atom. The van der Waals surface area contributed by atoms with E-state index >= 15 is 0 Å². The average molecular weight is 262 g/mol. The maximum atomic E-state index is 5.80. The maximum Gasteiger partial charge on any atom is 0.119 e. The molecule has 1 aromatic carbocycles. The number of hydrogen-bond acceptors (Lipinski definition) is 3. The van der Waals surface area contributed by atoms with Crippen LogP contribution in [0.15, 0.2) is 24.3 Å². The first-order valence-corrected chi connectivity index (χ1v) is 7.33. The Bertz CT molecular complexity index is 367. The van der Waals surface area contributed by atoms with Gasteiger partial charge in [0.15, 0.2) is 0 Å². The molecule has 2 unspecified atom stereocenters. The van der Waals surface area contributed by atoms with Crippen molar-refractivity contribution in [1.29, 1.82) is 0 Å². The second kappa shape index (κ2) is 6.92. The predicted molar refractivity (Wildman–Crippen MR) is 79.5 cm³/mol. The van der Waals surface area contributed by atoms with E-state index in [4.69, 9.17) is 10.5 Å². The van der Waals surface area contributed by atoms with Crippen molar-refractivity contribution in [2.45, 2.75) is 20.3 Å². The standard InChI is InChI=1S/C16H26N2O/c1-13-11-18(12-14(13)2)9-10-19-16-5-3-15(4-6-16)7-8-17/h3-6,13-14H,7-12,17H2,1-2H3. The Morgan fingerprint density at radius 1 is 1.16 bits per heavy atom. The fraction of sp³-hybridized carbons (Fsp3) is 0.625. The molecule has 19 heavy (non-hydrogen) atoms. The van der Waals surface area contributed by atoms with Gasteiger partial charge in [0, 0.05) is 19.6 Å². The second-order valence-corrected chi connectivity index (χ2v) is 5.75. The predicted octanol–water partition coefficient (Wildman–Crippen LogP) is 2.15. The van der Waals surface area contributed by atoms with Gasteiger partial charge in [-0.15, -0.1) is 0 Å². The minimum Gasteiger partial charge on any atom is -0.492 e. The Kier molecular flexibility index (Phi) is 5.23. The van der Waals surface area contributed by atoms with Crippen LogP contribution in [0.2, 0.25) is 0 Å². The lowest BCUT2D eigenvalue weighted by Gasteiger charge is -2.15. The second-order valence-electron chi connectivity index (χ2n) is 5.75. The van der Waals surface area contributed by atoms with Gasteiger partial charge in [-0.25, -0.2) is 0 Å². The Labute approximate surface area is 116 Å². The minimum absolute atomic E-state index is 0.700. The first-order valence-electron chi connectivity index (χ1n) is 7.33. The van der Waals surface area contributed by atoms with E-state index in [1.54, 1.807) is 0 Å². The van der Waals surface area contributed by atoms with E-state index in [1.807, 2.05) is 12.1 Å². The molecule has 2 atom stereocenters. The highest BCUT2D eigenvalue weighted by molar-refractivity contribution is 5.27. The van der Waals surface area contributed by atoms with Gasteiger partial charge in [-0.1, -0.05) is 26.0 Å². The molecular formula is C16H26N2O. The minimum atomic E-state index is 0.700. The van der Waals surface area contributed by atoms with Gasteiger partial charge in [0.2, 0.25) is 0 Å². The van der Waals surface area contributed by atoms with Gasteiger partial charge in [-0.2, -0.15) is 0 Å². The molecule has 0 aromatic heterocycles. The van der Waals surface area contributed by atoms with Crippen LogP contribution in [0.5, 0.6) is 5.75 Å². The van der Waals surface area contributed by atoms with Crippen LogP contribution >= 0.6 is 0 Å². The summed E-state index contributed by atoms with van der Waals surface area (Å²) in [6.07, 6.45) is 0.934. The molecule has 0 spiro atoms. The lowest BCUT2D eigenvalue weighted by molar-refractivity contribution is 0.232. The van der Waals surface area contributed by atoms with Crippen molar-refractivity contribution in [1.82, 2.24) is 4.90 Å². The van der Waals surface area contributed by atoms with Crippen molar-refractivity contribution >= 4 is 0 Å². The third-order valence-corrected chi connectivity index (χ3v) is 4.10. The quantitative estimate of drug-likeness (QED) is 0.854. The van der Waals surface area contributed by atoms with Crippen LogP contribution in [0.1, 0.15) is 19.4 Å². The zero-order chi connectivity index (χ0) is 13.7. The summed E-state index contributed by atoms with van der Waals surface area (Å²) >= 11 is 0. The molecule has 2 N–H and O–H groups in total. The lowest BCUT2D eigenvalue weighted by atomic mass is 10.0. The van der Waals surface area contributed by atoms with Crippen LogP contribution < -0.4 is 10.5 Å². The third kappa shape index (κ3) is 4.22. The molecule has 0 bridgehead atoms. The number of ether oxygens (including phenoxy) is 1. The summed E-state index contributed by atoms with van der Waals surface area (Å²) in [6, 6.07) is 8.28. The first kappa shape index (κ1) is 14.4. The molecule has 1 aromatic rings. The summed E-state index contributed by atoms with van der Waals surface area (Å²) in [6.45, 7) is 9.59. The van der Waals surface area contributed by atoms with Crippen molar-refractivity contribution in [3.05, 3.63) is 29.8 Å². The monoisotopic (exact) mass is 262 g/mol. The number of likely N-dealkylation sites (tertiary alicyclic amines) is 1. The molecule has 0 amide bonds. The van der Waals surface area contributed by atoms with Crippen LogP contribution in [-0.4, -0.2) is 37.7 Å². The third-order valence-electron chi connectivity index (χ3n) is 4.10. The molecule has 3 heteroatoms. The van der Waals surface area contributed by atoms with Crippen LogP contribution in [0.3, 0.4) is 0 Å². The largest absolute Gasteiger partial charge is 0.492 e. The number of rotatable bonds is 6. The van der Waals surface area contributed by atoms with E-state index < -0.39 is 0 Å². The fourth-order valence-electron chi connectivity index (χ4n) is 2.64. The first-order chi connectivity index (χ1) is 9.19. The highest BCUT2D eigenvalue weighted by Gasteiger charge is 2.25. The highest BCUT2D eigenvalue weighted by Crippen LogP contribution is 2.21. The molecule has 0 aliphatic carbocycles. The van der Waals surface area contributed by atoms with Crippen molar-refractivity contribution in [2.75, 3.05) is 32.8 Å². The van der Waals surface area contributed by atoms with Crippen LogP contribution in [0.25, 0.3) is 0 Å². The van der Waals surface area contributed by atoms with Crippen LogP contribution in [-0.2, 0) is 6.42 Å². The lowest BCUT2D eigenvalue weighted by Crippen LogP contribution is -2.26. The Hall–Kier alpha value is -1.06. The van der Waals surface area contributed by atoms with Gasteiger partial charge in [0.1, 0.15) is 12.4 Å². The zero-order valence-electron chi connectivity index (χ0n) is 12.1. The molecule has 1 aliphatic heterocycles. The fourth-order valence-corrected chi connectivity index (χ4v) is 2.64. The molecule has 0 saturated carbocycles. The zero-order valence-corrected chi connectivity index (χ0v) is 12.1. The van der Waals surface area contributed by atoms with Crippen molar-refractivity contribution in [2.24, 2.45) is 17.6 Å². The molecule has 1 saturated heterocycles. The van der Waals surface area contributed by atoms with E-state index in [2.05, 4.69) is 30.9 Å². The van der Waals surface area contributed by atoms with Gasteiger partial charge in [-0.05, 0) is 42.5 Å². The van der Waals surface area contributed by atoms with Gasteiger partial charge < -0.3 is 10.5 Å². The van der Waals surface area contributed by atoms with Crippen LogP contribution in [0.4, 0.5) is 0 Å². The van der Waals surface area contributed by atoms with Crippen LogP contribution in [0, 0.1) is 11.8 Å². The molecular weight excluding hydrogens is 236 g/mol. The van der Waals surface area contributed by atoms with E-state index in [1.165, 1.54) is 18.7 Å².